The Hall–Kier alpha value is -2.25. The summed E-state index contributed by atoms with van der Waals surface area (Å²) in [5.41, 5.74) is 0. The zero-order valence-corrected chi connectivity index (χ0v) is 13.3. The molecule has 12 nitrogen and oxygen atoms in total. The molecule has 132 valence electrons. The summed E-state index contributed by atoms with van der Waals surface area (Å²) in [5.74, 6) is -0.963. The number of hydroxylamine groups is 2. The van der Waals surface area contributed by atoms with E-state index in [0.29, 0.717) is 17.9 Å². The van der Waals surface area contributed by atoms with Gasteiger partial charge in [0.15, 0.2) is 0 Å². The number of nitrogens with zero attached hydrogens (tertiary/aromatic N) is 4. The molecule has 1 aromatic heterocycles. The summed E-state index contributed by atoms with van der Waals surface area (Å²) in [4.78, 5) is 29.0. The highest BCUT2D eigenvalue weighted by Crippen LogP contribution is 2.38. The highest BCUT2D eigenvalue weighted by Gasteiger charge is 2.49. The zero-order valence-electron chi connectivity index (χ0n) is 12.5. The van der Waals surface area contributed by atoms with E-state index < -0.39 is 34.5 Å². The molecule has 2 aliphatic rings. The lowest BCUT2D eigenvalue weighted by Gasteiger charge is -2.27. The molecule has 13 heteroatoms. The minimum atomic E-state index is -4.81. The number of hydrogen-bond donors (Lipinski definition) is 1. The van der Waals surface area contributed by atoms with E-state index in [2.05, 4.69) is 14.4 Å². The van der Waals surface area contributed by atoms with Gasteiger partial charge in [0.05, 0.1) is 12.6 Å². The lowest BCUT2D eigenvalue weighted by Crippen LogP contribution is -2.35. The Balaban J connectivity index is 1.78. The van der Waals surface area contributed by atoms with Crippen LogP contribution in [0.15, 0.2) is 4.52 Å². The normalized spacial score (nSPS) is 23.7. The van der Waals surface area contributed by atoms with Crippen LogP contribution in [0.5, 0.6) is 0 Å². The van der Waals surface area contributed by atoms with Crippen LogP contribution < -0.4 is 0 Å². The molecule has 3 heterocycles. The van der Waals surface area contributed by atoms with E-state index in [1.807, 2.05) is 0 Å². The van der Waals surface area contributed by atoms with Gasteiger partial charge in [0.1, 0.15) is 6.04 Å². The fourth-order valence-electron chi connectivity index (χ4n) is 2.74. The highest BCUT2D eigenvalue weighted by molar-refractivity contribution is 7.80. The van der Waals surface area contributed by atoms with Gasteiger partial charge in [-0.05, 0) is 24.9 Å². The van der Waals surface area contributed by atoms with Crippen molar-refractivity contribution in [3.05, 3.63) is 11.7 Å². The van der Waals surface area contributed by atoms with E-state index in [-0.39, 0.29) is 24.9 Å². The van der Waals surface area contributed by atoms with Crippen molar-refractivity contribution in [3.63, 3.8) is 0 Å². The van der Waals surface area contributed by atoms with E-state index in [1.54, 1.807) is 6.92 Å². The third kappa shape index (κ3) is 3.05. The number of urea groups is 1. The third-order valence-corrected chi connectivity index (χ3v) is 4.03. The number of carbonyl (C=O) groups is 2. The standard InChI is InChI=1S/C11H14N4O8S/c1-2-21-10(16)8-12-9(22-13-8)7-4-3-6-5-14(7)11(17)15(6)23-24(18,19)20/h6-7H,2-5H2,1H3,(H,18,19,20)/t6-,7-/m1/s1. The van der Waals surface area contributed by atoms with Gasteiger partial charge in [-0.15, -0.1) is 4.28 Å². The third-order valence-electron chi connectivity index (χ3n) is 3.68. The average molecular weight is 362 g/mol. The minimum Gasteiger partial charge on any atom is -0.460 e. The molecule has 2 aliphatic heterocycles. The van der Waals surface area contributed by atoms with Crippen molar-refractivity contribution in [2.24, 2.45) is 0 Å². The molecule has 0 aromatic carbocycles. The number of aromatic nitrogens is 2. The van der Waals surface area contributed by atoms with Gasteiger partial charge in [0.2, 0.25) is 5.89 Å². The molecule has 2 saturated heterocycles. The number of amides is 2. The van der Waals surface area contributed by atoms with Crippen molar-refractivity contribution < 1.29 is 36.1 Å². The molecule has 0 spiro atoms. The number of ether oxygens (including phenoxy) is 1. The topological polar surface area (TPSA) is 152 Å². The van der Waals surface area contributed by atoms with Crippen LogP contribution in [0.2, 0.25) is 0 Å². The van der Waals surface area contributed by atoms with Crippen molar-refractivity contribution in [1.82, 2.24) is 20.1 Å². The first-order valence-electron chi connectivity index (χ1n) is 7.07. The van der Waals surface area contributed by atoms with Crippen LogP contribution in [0.1, 0.15) is 42.3 Å². The molecule has 3 rings (SSSR count). The predicted molar refractivity (Wildman–Crippen MR) is 72.6 cm³/mol. The molecule has 0 aliphatic carbocycles. The van der Waals surface area contributed by atoms with Crippen LogP contribution in [0.4, 0.5) is 4.79 Å². The maximum Gasteiger partial charge on any atom is 0.418 e. The number of hydrogen-bond acceptors (Lipinski definition) is 9. The molecular weight excluding hydrogens is 348 g/mol. The fraction of sp³-hybridized carbons (Fsp3) is 0.636. The molecular formula is C11H14N4O8S. The van der Waals surface area contributed by atoms with Crippen molar-refractivity contribution in [2.45, 2.75) is 31.8 Å². The van der Waals surface area contributed by atoms with Crippen LogP contribution >= 0.6 is 0 Å². The molecule has 1 aromatic rings. The Morgan fingerprint density at radius 1 is 1.46 bits per heavy atom. The van der Waals surface area contributed by atoms with Gasteiger partial charge < -0.3 is 14.2 Å². The number of carbonyl (C=O) groups excluding carboxylic acids is 2. The van der Waals surface area contributed by atoms with E-state index >= 15 is 0 Å². The van der Waals surface area contributed by atoms with Gasteiger partial charge in [-0.1, -0.05) is 0 Å². The number of esters is 1. The monoisotopic (exact) mass is 362 g/mol. The first-order chi connectivity index (χ1) is 11.3. The van der Waals surface area contributed by atoms with Crippen molar-refractivity contribution in [3.8, 4) is 0 Å². The number of fused-ring (bicyclic) bond motifs is 2. The van der Waals surface area contributed by atoms with Crippen molar-refractivity contribution in [1.29, 1.82) is 0 Å². The molecule has 0 saturated carbocycles. The Morgan fingerprint density at radius 2 is 2.21 bits per heavy atom. The Morgan fingerprint density at radius 3 is 2.88 bits per heavy atom. The fourth-order valence-corrected chi connectivity index (χ4v) is 3.13. The number of rotatable bonds is 5. The summed E-state index contributed by atoms with van der Waals surface area (Å²) in [6, 6.07) is -1.90. The lowest BCUT2D eigenvalue weighted by molar-refractivity contribution is -0.0317. The van der Waals surface area contributed by atoms with Gasteiger partial charge in [0.25, 0.3) is 5.82 Å². The second-order valence-corrected chi connectivity index (χ2v) is 6.19. The van der Waals surface area contributed by atoms with Gasteiger partial charge in [-0.2, -0.15) is 18.5 Å². The molecule has 2 atom stereocenters. The lowest BCUT2D eigenvalue weighted by atomic mass is 10.0. The van der Waals surface area contributed by atoms with Crippen LogP contribution in [0, 0.1) is 0 Å². The van der Waals surface area contributed by atoms with Gasteiger partial charge in [0, 0.05) is 6.54 Å². The molecule has 2 fully saturated rings. The quantitative estimate of drug-likeness (QED) is 0.556. The number of piperidine rings is 1. The summed E-state index contributed by atoms with van der Waals surface area (Å²) in [6.45, 7) is 1.95. The van der Waals surface area contributed by atoms with E-state index in [1.165, 1.54) is 4.90 Å². The molecule has 24 heavy (non-hydrogen) atoms. The van der Waals surface area contributed by atoms with Crippen LogP contribution in [-0.4, -0.2) is 64.3 Å². The van der Waals surface area contributed by atoms with Crippen LogP contribution in [-0.2, 0) is 19.4 Å². The average Bonchev–Trinajstić information content (AvgIpc) is 3.08. The first-order valence-corrected chi connectivity index (χ1v) is 8.44. The SMILES string of the molecule is CCOC(=O)c1noc([C@H]2CC[C@@H]3CN2C(=O)N3OS(=O)(=O)O)n1. The summed E-state index contributed by atoms with van der Waals surface area (Å²) in [7, 11) is -4.81. The second-order valence-electron chi connectivity index (χ2n) is 5.19. The molecule has 0 unspecified atom stereocenters. The summed E-state index contributed by atoms with van der Waals surface area (Å²) in [6.07, 6.45) is 0.783. The summed E-state index contributed by atoms with van der Waals surface area (Å²) in [5, 5.41) is 4.13. The maximum atomic E-state index is 12.3. The van der Waals surface area contributed by atoms with E-state index in [9.17, 15) is 18.0 Å². The maximum absolute atomic E-state index is 12.3. The Labute approximate surface area is 136 Å². The predicted octanol–water partition coefficient (Wildman–Crippen LogP) is -0.0782. The molecule has 2 amide bonds. The van der Waals surface area contributed by atoms with Crippen LogP contribution in [0.3, 0.4) is 0 Å². The molecule has 1 N–H and O–H groups in total. The summed E-state index contributed by atoms with van der Waals surface area (Å²) < 4.78 is 44.5. The van der Waals surface area contributed by atoms with Gasteiger partial charge >= 0.3 is 22.4 Å². The molecule has 0 radical (unpaired) electrons. The Bertz CT molecular complexity index is 762. The largest absolute Gasteiger partial charge is 0.460 e. The van der Waals surface area contributed by atoms with Gasteiger partial charge in [-0.3, -0.25) is 4.55 Å². The first kappa shape index (κ1) is 16.6. The molecule has 2 bridgehead atoms. The van der Waals surface area contributed by atoms with Crippen molar-refractivity contribution in [2.75, 3.05) is 13.2 Å². The highest BCUT2D eigenvalue weighted by atomic mass is 32.3. The zero-order chi connectivity index (χ0) is 17.5. The van der Waals surface area contributed by atoms with Crippen LogP contribution in [0.25, 0.3) is 0 Å². The minimum absolute atomic E-state index is 0.0403. The van der Waals surface area contributed by atoms with Gasteiger partial charge in [-0.25, -0.2) is 9.59 Å². The Kier molecular flexibility index (Phi) is 4.15. The second kappa shape index (κ2) is 5.99. The summed E-state index contributed by atoms with van der Waals surface area (Å²) >= 11 is 0. The van der Waals surface area contributed by atoms with E-state index in [0.717, 1.165) is 0 Å². The van der Waals surface area contributed by atoms with Crippen molar-refractivity contribution >= 4 is 22.4 Å². The van der Waals surface area contributed by atoms with E-state index in [4.69, 9.17) is 13.8 Å². The smallest absolute Gasteiger partial charge is 0.418 e.